The van der Waals surface area contributed by atoms with Crippen molar-refractivity contribution in [2.24, 2.45) is 7.05 Å². The van der Waals surface area contributed by atoms with Gasteiger partial charge in [0, 0.05) is 61.7 Å². The molecular weight excluding hydrogens is 360 g/mol. The van der Waals surface area contributed by atoms with Gasteiger partial charge in [0.2, 0.25) is 0 Å². The molecule has 29 heavy (non-hydrogen) atoms. The van der Waals surface area contributed by atoms with Gasteiger partial charge in [-0.3, -0.25) is 14.3 Å². The number of aromatic nitrogens is 3. The first-order chi connectivity index (χ1) is 14.0. The lowest BCUT2D eigenvalue weighted by Crippen LogP contribution is -2.26. The van der Waals surface area contributed by atoms with E-state index in [1.54, 1.807) is 10.6 Å². The van der Waals surface area contributed by atoms with Crippen molar-refractivity contribution in [1.82, 2.24) is 19.0 Å². The number of hydrogen-bond donors (Lipinski definition) is 0. The maximum atomic E-state index is 12.9. The summed E-state index contributed by atoms with van der Waals surface area (Å²) < 4.78 is 3.99. The maximum absolute atomic E-state index is 12.9. The Kier molecular flexibility index (Phi) is 4.14. The van der Waals surface area contributed by atoms with E-state index in [0.29, 0.717) is 0 Å². The van der Waals surface area contributed by atoms with Crippen molar-refractivity contribution in [1.29, 1.82) is 0 Å². The van der Waals surface area contributed by atoms with Gasteiger partial charge in [-0.05, 0) is 49.4 Å². The molecule has 0 aliphatic carbocycles. The summed E-state index contributed by atoms with van der Waals surface area (Å²) in [6.45, 7) is 4.06. The zero-order valence-corrected chi connectivity index (χ0v) is 17.0. The second-order valence-electron chi connectivity index (χ2n) is 8.02. The van der Waals surface area contributed by atoms with Crippen molar-refractivity contribution in [3.8, 4) is 16.9 Å². The molecule has 1 aromatic carbocycles. The maximum Gasteiger partial charge on any atom is 0.255 e. The second-order valence-corrected chi connectivity index (χ2v) is 8.02. The first kappa shape index (κ1) is 17.9. The molecule has 3 aromatic heterocycles. The number of aryl methyl sites for hydroxylation is 2. The monoisotopic (exact) mass is 384 g/mol. The van der Waals surface area contributed by atoms with Gasteiger partial charge >= 0.3 is 0 Å². The predicted molar refractivity (Wildman–Crippen MR) is 117 cm³/mol. The van der Waals surface area contributed by atoms with Gasteiger partial charge in [0.05, 0.1) is 16.9 Å². The molecule has 5 rings (SSSR count). The fourth-order valence-corrected chi connectivity index (χ4v) is 4.34. The van der Waals surface area contributed by atoms with E-state index in [2.05, 4.69) is 40.7 Å². The molecule has 0 N–H and O–H groups in total. The first-order valence-electron chi connectivity index (χ1n) is 9.96. The number of benzene rings is 1. The molecule has 0 saturated carbocycles. The summed E-state index contributed by atoms with van der Waals surface area (Å²) in [5.74, 6) is 0. The lowest BCUT2D eigenvalue weighted by atomic mass is 10.0. The first-order valence-corrected chi connectivity index (χ1v) is 9.96. The minimum Gasteiger partial charge on any atom is -0.347 e. The molecule has 0 saturated heterocycles. The van der Waals surface area contributed by atoms with Crippen molar-refractivity contribution in [2.45, 2.75) is 19.9 Å². The number of rotatable bonds is 2. The largest absolute Gasteiger partial charge is 0.347 e. The molecule has 0 bridgehead atoms. The number of likely N-dealkylation sites (N-methyl/N-ethyl adjacent to an activating group) is 1. The number of nitrogens with zero attached hydrogens (tertiary/aromatic N) is 4. The summed E-state index contributed by atoms with van der Waals surface area (Å²) in [6.07, 6.45) is 4.73. The summed E-state index contributed by atoms with van der Waals surface area (Å²) in [7, 11) is 4.30. The third-order valence-corrected chi connectivity index (χ3v) is 5.98. The predicted octanol–water partition coefficient (Wildman–Crippen LogP) is 3.69. The third kappa shape index (κ3) is 2.98. The van der Waals surface area contributed by atoms with Gasteiger partial charge in [0.1, 0.15) is 0 Å². The Morgan fingerprint density at radius 1 is 1.03 bits per heavy atom. The Labute approximate surface area is 169 Å². The molecule has 4 heterocycles. The number of fused-ring (bicyclic) bond motifs is 3. The number of hydrogen-bond acceptors (Lipinski definition) is 3. The van der Waals surface area contributed by atoms with Gasteiger partial charge in [-0.2, -0.15) is 0 Å². The van der Waals surface area contributed by atoms with Crippen LogP contribution in [-0.2, 0) is 20.0 Å². The second kappa shape index (κ2) is 6.71. The van der Waals surface area contributed by atoms with Crippen LogP contribution in [0, 0.1) is 6.92 Å². The molecule has 0 radical (unpaired) electrons. The van der Waals surface area contributed by atoms with Crippen molar-refractivity contribution in [2.75, 3.05) is 13.6 Å². The van der Waals surface area contributed by atoms with E-state index >= 15 is 0 Å². The van der Waals surface area contributed by atoms with Crippen molar-refractivity contribution in [3.63, 3.8) is 0 Å². The Bertz CT molecular complexity index is 1280. The van der Waals surface area contributed by atoms with E-state index in [0.717, 1.165) is 42.0 Å². The highest BCUT2D eigenvalue weighted by molar-refractivity contribution is 5.87. The average molecular weight is 384 g/mol. The van der Waals surface area contributed by atoms with Crippen LogP contribution in [0.15, 0.2) is 59.7 Å². The van der Waals surface area contributed by atoms with Crippen LogP contribution < -0.4 is 5.56 Å². The van der Waals surface area contributed by atoms with E-state index in [1.807, 2.05) is 43.6 Å². The molecule has 0 amide bonds. The standard InChI is InChI=1S/C24H24N4O/c1-16-4-7-21(25-14-16)17-8-11-28(24(29)12-17)18-5-6-19-20-15-26(2)10-9-22(20)27(3)23(19)13-18/h4-8,11-14H,9-10,15H2,1-3H3. The summed E-state index contributed by atoms with van der Waals surface area (Å²) in [6, 6.07) is 13.9. The molecule has 0 unspecified atom stereocenters. The van der Waals surface area contributed by atoms with Crippen molar-refractivity contribution >= 4 is 10.9 Å². The van der Waals surface area contributed by atoms with Gasteiger partial charge in [-0.15, -0.1) is 0 Å². The molecule has 1 aliphatic rings. The molecule has 5 nitrogen and oxygen atoms in total. The topological polar surface area (TPSA) is 43.1 Å². The zero-order chi connectivity index (χ0) is 20.1. The smallest absolute Gasteiger partial charge is 0.255 e. The van der Waals surface area contributed by atoms with Gasteiger partial charge in [0.15, 0.2) is 0 Å². The minimum atomic E-state index is -0.0528. The van der Waals surface area contributed by atoms with Gasteiger partial charge in [0.25, 0.3) is 5.56 Å². The summed E-state index contributed by atoms with van der Waals surface area (Å²) in [5, 5.41) is 1.28. The summed E-state index contributed by atoms with van der Waals surface area (Å²) >= 11 is 0. The normalized spacial score (nSPS) is 14.3. The van der Waals surface area contributed by atoms with E-state index in [1.165, 1.54) is 22.2 Å². The van der Waals surface area contributed by atoms with Crippen LogP contribution in [0.5, 0.6) is 0 Å². The molecular formula is C24H24N4O. The molecule has 4 aromatic rings. The summed E-state index contributed by atoms with van der Waals surface area (Å²) in [5.41, 5.74) is 7.59. The zero-order valence-electron chi connectivity index (χ0n) is 17.0. The fourth-order valence-electron chi connectivity index (χ4n) is 4.34. The highest BCUT2D eigenvalue weighted by atomic mass is 16.1. The lowest BCUT2D eigenvalue weighted by Gasteiger charge is -2.23. The van der Waals surface area contributed by atoms with Crippen LogP contribution in [0.25, 0.3) is 27.8 Å². The molecule has 1 aliphatic heterocycles. The fraction of sp³-hybridized carbons (Fsp3) is 0.250. The van der Waals surface area contributed by atoms with E-state index in [-0.39, 0.29) is 5.56 Å². The van der Waals surface area contributed by atoms with Crippen molar-refractivity contribution < 1.29 is 0 Å². The molecule has 0 spiro atoms. The van der Waals surface area contributed by atoms with Gasteiger partial charge in [-0.1, -0.05) is 12.1 Å². The quantitative estimate of drug-likeness (QED) is 0.529. The minimum absolute atomic E-state index is 0.0528. The van der Waals surface area contributed by atoms with E-state index < -0.39 is 0 Å². The van der Waals surface area contributed by atoms with Crippen LogP contribution in [0.2, 0.25) is 0 Å². The van der Waals surface area contributed by atoms with E-state index in [9.17, 15) is 4.79 Å². The van der Waals surface area contributed by atoms with Crippen molar-refractivity contribution in [3.05, 3.63) is 82.0 Å². The number of pyridine rings is 2. The Balaban J connectivity index is 1.58. The van der Waals surface area contributed by atoms with E-state index in [4.69, 9.17) is 0 Å². The third-order valence-electron chi connectivity index (χ3n) is 5.98. The van der Waals surface area contributed by atoms with Gasteiger partial charge in [-0.25, -0.2) is 0 Å². The molecule has 5 heteroatoms. The Morgan fingerprint density at radius 3 is 2.66 bits per heavy atom. The highest BCUT2D eigenvalue weighted by Crippen LogP contribution is 2.31. The van der Waals surface area contributed by atoms with Gasteiger partial charge < -0.3 is 9.47 Å². The van der Waals surface area contributed by atoms with Crippen LogP contribution in [-0.4, -0.2) is 32.6 Å². The SMILES string of the molecule is Cc1ccc(-c2ccn(-c3ccc4c5c(n(C)c4c3)CCN(C)C5)c(=O)c2)nc1. The van der Waals surface area contributed by atoms with Crippen LogP contribution in [0.1, 0.15) is 16.8 Å². The Morgan fingerprint density at radius 2 is 1.90 bits per heavy atom. The molecule has 0 atom stereocenters. The molecule has 146 valence electrons. The average Bonchev–Trinajstić information content (AvgIpc) is 2.99. The lowest BCUT2D eigenvalue weighted by molar-refractivity contribution is 0.310. The Hall–Kier alpha value is -3.18. The molecule has 0 fully saturated rings. The van der Waals surface area contributed by atoms with Crippen LogP contribution in [0.3, 0.4) is 0 Å². The summed E-state index contributed by atoms with van der Waals surface area (Å²) in [4.78, 5) is 19.7. The van der Waals surface area contributed by atoms with Crippen LogP contribution >= 0.6 is 0 Å². The van der Waals surface area contributed by atoms with Crippen LogP contribution in [0.4, 0.5) is 0 Å². The highest BCUT2D eigenvalue weighted by Gasteiger charge is 2.21.